The lowest BCUT2D eigenvalue weighted by molar-refractivity contribution is 0.441. The molecule has 18 heavy (non-hydrogen) atoms. The number of furan rings is 1. The Labute approximate surface area is 107 Å². The van der Waals surface area contributed by atoms with Gasteiger partial charge in [0.2, 0.25) is 0 Å². The minimum Gasteiger partial charge on any atom is -0.466 e. The zero-order chi connectivity index (χ0) is 12.9. The van der Waals surface area contributed by atoms with Gasteiger partial charge in [0, 0.05) is 11.8 Å². The second-order valence-corrected chi connectivity index (χ2v) is 5.32. The summed E-state index contributed by atoms with van der Waals surface area (Å²) in [6.07, 6.45) is 4.56. The van der Waals surface area contributed by atoms with E-state index in [2.05, 4.69) is 12.0 Å². The summed E-state index contributed by atoms with van der Waals surface area (Å²) in [7, 11) is 0. The number of aryl methyl sites for hydroxylation is 2. The highest BCUT2D eigenvalue weighted by atomic mass is 16.3. The summed E-state index contributed by atoms with van der Waals surface area (Å²) >= 11 is 0. The van der Waals surface area contributed by atoms with E-state index in [9.17, 15) is 0 Å². The van der Waals surface area contributed by atoms with Crippen molar-refractivity contribution < 1.29 is 4.42 Å². The molecule has 0 aliphatic heterocycles. The number of anilines is 1. The van der Waals surface area contributed by atoms with Crippen LogP contribution in [0.1, 0.15) is 37.3 Å². The summed E-state index contributed by atoms with van der Waals surface area (Å²) < 4.78 is 7.55. The van der Waals surface area contributed by atoms with Crippen LogP contribution in [0.5, 0.6) is 0 Å². The van der Waals surface area contributed by atoms with Gasteiger partial charge in [0.25, 0.3) is 0 Å². The van der Waals surface area contributed by atoms with Crippen LogP contribution in [-0.2, 0) is 0 Å². The number of hydrogen-bond donors (Lipinski definition) is 1. The summed E-state index contributed by atoms with van der Waals surface area (Å²) in [4.78, 5) is 0. The third kappa shape index (κ3) is 1.82. The summed E-state index contributed by atoms with van der Waals surface area (Å²) in [5.41, 5.74) is 8.66. The van der Waals surface area contributed by atoms with Gasteiger partial charge in [-0.3, -0.25) is 4.68 Å². The fourth-order valence-electron chi connectivity index (χ4n) is 2.48. The maximum atomic E-state index is 6.08. The number of nitrogens with zero attached hydrogens (tertiary/aromatic N) is 2. The lowest BCUT2D eigenvalue weighted by Gasteiger charge is -2.09. The van der Waals surface area contributed by atoms with Crippen molar-refractivity contribution in [2.75, 3.05) is 5.73 Å². The Morgan fingerprint density at radius 3 is 2.72 bits per heavy atom. The van der Waals surface area contributed by atoms with Crippen molar-refractivity contribution in [3.8, 4) is 11.3 Å². The first-order valence-electron chi connectivity index (χ1n) is 6.48. The average Bonchev–Trinajstić information content (AvgIpc) is 3.01. The molecule has 1 aliphatic carbocycles. The van der Waals surface area contributed by atoms with E-state index < -0.39 is 0 Å². The lowest BCUT2D eigenvalue weighted by atomic mass is 10.1. The zero-order valence-electron chi connectivity index (χ0n) is 11.1. The number of nitrogen functional groups attached to an aromatic ring is 1. The molecule has 1 atom stereocenters. The SMILES string of the molecule is Cc1cc(-c2nn(C(C)C3CC3)cc2N)c(C)o1. The minimum atomic E-state index is 0.439. The fraction of sp³-hybridized carbons (Fsp3) is 0.500. The molecule has 0 spiro atoms. The molecule has 1 fully saturated rings. The van der Waals surface area contributed by atoms with Crippen molar-refractivity contribution in [2.24, 2.45) is 5.92 Å². The maximum Gasteiger partial charge on any atom is 0.119 e. The van der Waals surface area contributed by atoms with Crippen LogP contribution in [-0.4, -0.2) is 9.78 Å². The van der Waals surface area contributed by atoms with E-state index in [0.717, 1.165) is 34.4 Å². The van der Waals surface area contributed by atoms with Crippen LogP contribution in [0, 0.1) is 19.8 Å². The molecule has 0 aromatic carbocycles. The molecule has 1 aliphatic rings. The highest BCUT2D eigenvalue weighted by molar-refractivity contribution is 5.73. The summed E-state index contributed by atoms with van der Waals surface area (Å²) in [6, 6.07) is 2.44. The molecule has 0 amide bonds. The molecule has 2 aromatic heterocycles. The first-order valence-corrected chi connectivity index (χ1v) is 6.48. The number of rotatable bonds is 3. The van der Waals surface area contributed by atoms with Gasteiger partial charge in [-0.2, -0.15) is 5.10 Å². The Bertz CT molecular complexity index is 578. The van der Waals surface area contributed by atoms with Crippen LogP contribution in [0.2, 0.25) is 0 Å². The Kier molecular flexibility index (Phi) is 2.47. The van der Waals surface area contributed by atoms with Crippen LogP contribution in [0.15, 0.2) is 16.7 Å². The van der Waals surface area contributed by atoms with E-state index >= 15 is 0 Å². The fourth-order valence-corrected chi connectivity index (χ4v) is 2.48. The van der Waals surface area contributed by atoms with Crippen LogP contribution >= 0.6 is 0 Å². The van der Waals surface area contributed by atoms with Crippen molar-refractivity contribution in [1.29, 1.82) is 0 Å². The van der Waals surface area contributed by atoms with Crippen LogP contribution < -0.4 is 5.73 Å². The van der Waals surface area contributed by atoms with Crippen molar-refractivity contribution in [3.05, 3.63) is 23.8 Å². The predicted molar refractivity (Wildman–Crippen MR) is 71.3 cm³/mol. The zero-order valence-corrected chi connectivity index (χ0v) is 11.1. The molecule has 2 aromatic rings. The van der Waals surface area contributed by atoms with E-state index in [0.29, 0.717) is 6.04 Å². The summed E-state index contributed by atoms with van der Waals surface area (Å²) in [5.74, 6) is 2.54. The van der Waals surface area contributed by atoms with Crippen LogP contribution in [0.3, 0.4) is 0 Å². The van der Waals surface area contributed by atoms with Crippen LogP contribution in [0.4, 0.5) is 5.69 Å². The lowest BCUT2D eigenvalue weighted by Crippen LogP contribution is -2.07. The quantitative estimate of drug-likeness (QED) is 0.902. The Morgan fingerprint density at radius 1 is 1.44 bits per heavy atom. The van der Waals surface area contributed by atoms with Crippen molar-refractivity contribution >= 4 is 5.69 Å². The van der Waals surface area contributed by atoms with Crippen molar-refractivity contribution in [3.63, 3.8) is 0 Å². The monoisotopic (exact) mass is 245 g/mol. The smallest absolute Gasteiger partial charge is 0.119 e. The molecule has 4 nitrogen and oxygen atoms in total. The van der Waals surface area contributed by atoms with E-state index in [-0.39, 0.29) is 0 Å². The first-order chi connectivity index (χ1) is 8.56. The van der Waals surface area contributed by atoms with E-state index in [4.69, 9.17) is 10.2 Å². The van der Waals surface area contributed by atoms with Gasteiger partial charge in [0.1, 0.15) is 17.2 Å². The van der Waals surface area contributed by atoms with E-state index in [1.807, 2.05) is 30.8 Å². The molecule has 4 heteroatoms. The number of aromatic nitrogens is 2. The highest BCUT2D eigenvalue weighted by Gasteiger charge is 2.30. The van der Waals surface area contributed by atoms with Crippen LogP contribution in [0.25, 0.3) is 11.3 Å². The molecular weight excluding hydrogens is 226 g/mol. The van der Waals surface area contributed by atoms with Gasteiger partial charge in [-0.15, -0.1) is 0 Å². The molecule has 3 rings (SSSR count). The molecule has 0 saturated heterocycles. The Hall–Kier alpha value is -1.71. The molecule has 2 N–H and O–H groups in total. The van der Waals surface area contributed by atoms with Gasteiger partial charge in [-0.25, -0.2) is 0 Å². The molecule has 96 valence electrons. The topological polar surface area (TPSA) is 57.0 Å². The molecule has 1 saturated carbocycles. The molecule has 0 bridgehead atoms. The minimum absolute atomic E-state index is 0.439. The molecule has 1 unspecified atom stereocenters. The largest absolute Gasteiger partial charge is 0.466 e. The normalized spacial score (nSPS) is 17.1. The Balaban J connectivity index is 1.99. The second-order valence-electron chi connectivity index (χ2n) is 5.32. The van der Waals surface area contributed by atoms with E-state index in [1.165, 1.54) is 12.8 Å². The van der Waals surface area contributed by atoms with Gasteiger partial charge in [-0.1, -0.05) is 0 Å². The summed E-state index contributed by atoms with van der Waals surface area (Å²) in [6.45, 7) is 6.10. The van der Waals surface area contributed by atoms with E-state index in [1.54, 1.807) is 0 Å². The van der Waals surface area contributed by atoms with Gasteiger partial charge in [0.15, 0.2) is 0 Å². The maximum absolute atomic E-state index is 6.08. The Morgan fingerprint density at radius 2 is 2.17 bits per heavy atom. The van der Waals surface area contributed by atoms with Gasteiger partial charge >= 0.3 is 0 Å². The van der Waals surface area contributed by atoms with Crippen molar-refractivity contribution in [1.82, 2.24) is 9.78 Å². The van der Waals surface area contributed by atoms with Crippen molar-refractivity contribution in [2.45, 2.75) is 39.7 Å². The molecule has 2 heterocycles. The first kappa shape index (κ1) is 11.4. The predicted octanol–water partition coefficient (Wildman–Crippen LogP) is 3.31. The van der Waals surface area contributed by atoms with Gasteiger partial charge in [-0.05, 0) is 45.6 Å². The summed E-state index contributed by atoms with van der Waals surface area (Å²) in [5, 5.41) is 4.65. The third-order valence-electron chi connectivity index (χ3n) is 3.78. The number of nitrogens with two attached hydrogens (primary N) is 1. The molecular formula is C14H19N3O. The van der Waals surface area contributed by atoms with Gasteiger partial charge < -0.3 is 10.2 Å². The highest BCUT2D eigenvalue weighted by Crippen LogP contribution is 2.40. The third-order valence-corrected chi connectivity index (χ3v) is 3.78. The standard InChI is InChI=1S/C14H19N3O/c1-8-6-12(10(3)18-8)14-13(15)7-17(16-14)9(2)11-4-5-11/h6-7,9,11H,4-5,15H2,1-3H3. The number of hydrogen-bond acceptors (Lipinski definition) is 3. The van der Waals surface area contributed by atoms with Gasteiger partial charge in [0.05, 0.1) is 11.7 Å². The molecule has 0 radical (unpaired) electrons. The average molecular weight is 245 g/mol. The second kappa shape index (κ2) is 3.90.